The van der Waals surface area contributed by atoms with E-state index in [0.29, 0.717) is 93.5 Å². The first-order valence-electron chi connectivity index (χ1n) is 21.7. The summed E-state index contributed by atoms with van der Waals surface area (Å²) in [5.74, 6) is -3.77. The number of halogens is 2. The van der Waals surface area contributed by atoms with Crippen molar-refractivity contribution >= 4 is 40.6 Å². The molecule has 0 saturated carbocycles. The molecular weight excluding hydrogens is 813 g/mol. The second-order valence-corrected chi connectivity index (χ2v) is 17.4. The maximum atomic E-state index is 15.8. The summed E-state index contributed by atoms with van der Waals surface area (Å²) in [5.41, 5.74) is 10.4. The van der Waals surface area contributed by atoms with Crippen LogP contribution in [0.2, 0.25) is 0 Å². The van der Waals surface area contributed by atoms with Gasteiger partial charge in [0.1, 0.15) is 23.6 Å². The molecule has 0 radical (unpaired) electrons. The fourth-order valence-corrected chi connectivity index (χ4v) is 9.92. The molecule has 5 fully saturated rings. The number of likely N-dealkylation sites (tertiary alicyclic amines) is 2. The minimum atomic E-state index is -3.07. The lowest BCUT2D eigenvalue weighted by molar-refractivity contribution is -0.138. The van der Waals surface area contributed by atoms with Crippen molar-refractivity contribution in [2.45, 2.75) is 68.2 Å². The summed E-state index contributed by atoms with van der Waals surface area (Å²) < 4.78 is 44.2. The molecule has 5 aliphatic heterocycles. The normalized spacial score (nSPS) is 24.2. The summed E-state index contributed by atoms with van der Waals surface area (Å²) in [6, 6.07) is 23.4. The average molecular weight is 866 g/mol. The number of amides is 3. The lowest BCUT2D eigenvalue weighted by Gasteiger charge is -2.51. The van der Waals surface area contributed by atoms with E-state index >= 15 is 8.78 Å². The maximum absolute atomic E-state index is 15.8. The van der Waals surface area contributed by atoms with Crippen molar-refractivity contribution in [1.82, 2.24) is 25.3 Å². The minimum Gasteiger partial charge on any atom is -0.507 e. The smallest absolute Gasteiger partial charge is 0.267 e. The van der Waals surface area contributed by atoms with Crippen molar-refractivity contribution in [2.24, 2.45) is 0 Å². The molecule has 0 unspecified atom stereocenters. The first kappa shape index (κ1) is 42.2. The van der Waals surface area contributed by atoms with E-state index in [2.05, 4.69) is 37.4 Å². The third-order valence-corrected chi connectivity index (χ3v) is 13.2. The predicted octanol–water partition coefficient (Wildman–Crippen LogP) is 4.26. The lowest BCUT2D eigenvalue weighted by atomic mass is 9.85. The van der Waals surface area contributed by atoms with Crippen molar-refractivity contribution < 1.29 is 37.7 Å². The topological polar surface area (TPSA) is 170 Å². The van der Waals surface area contributed by atoms with Crippen LogP contribution in [0.5, 0.6) is 11.5 Å². The number of phenolic OH excluding ortho intramolecular Hbond substituents is 1. The second-order valence-electron chi connectivity index (χ2n) is 17.4. The number of likely N-dealkylation sites (N-methyl/N-ethyl adjacent to an activating group) is 1. The summed E-state index contributed by atoms with van der Waals surface area (Å²) >= 11 is 0. The average Bonchev–Trinajstić information content (AvgIpc) is 3.26. The molecule has 63 heavy (non-hydrogen) atoms. The number of nitrogens with zero attached hydrogens (tertiary/aromatic N) is 7. The van der Waals surface area contributed by atoms with Gasteiger partial charge in [-0.15, -0.1) is 10.2 Å². The molecule has 0 spiro atoms. The molecule has 5 saturated heterocycles. The SMILES string of the molecule is CN(c1cccc([C@@H]2CCN(CC(=O)N3CCC(Oc4cccc(N5[C@@H]6COC[C@H]5CN(c5cc(-c7ccccc7O)nnc5N)C6)c4)CC3)CC2(F)F)c1)[C@@H]1CCC(=O)NC1=O. The highest BCUT2D eigenvalue weighted by Crippen LogP contribution is 2.42. The summed E-state index contributed by atoms with van der Waals surface area (Å²) in [6.45, 7) is 3.06. The van der Waals surface area contributed by atoms with E-state index in [1.807, 2.05) is 24.3 Å². The number of rotatable bonds is 10. The minimum absolute atomic E-state index is 0.0268. The summed E-state index contributed by atoms with van der Waals surface area (Å²) in [6.07, 6.45) is 1.92. The van der Waals surface area contributed by atoms with Gasteiger partial charge in [0.15, 0.2) is 5.82 Å². The number of fused-ring (bicyclic) bond motifs is 2. The molecule has 0 aliphatic carbocycles. The molecule has 332 valence electrons. The lowest BCUT2D eigenvalue weighted by Crippen LogP contribution is -2.65. The Morgan fingerprint density at radius 1 is 0.952 bits per heavy atom. The van der Waals surface area contributed by atoms with Crippen LogP contribution in [0.25, 0.3) is 11.3 Å². The number of aromatic nitrogens is 2. The summed E-state index contributed by atoms with van der Waals surface area (Å²) in [7, 11) is 1.74. The van der Waals surface area contributed by atoms with Crippen LogP contribution in [0.4, 0.5) is 31.7 Å². The number of aromatic hydroxyl groups is 1. The Morgan fingerprint density at radius 2 is 1.71 bits per heavy atom. The number of piperazine rings is 1. The Bertz CT molecular complexity index is 2330. The zero-order valence-electron chi connectivity index (χ0n) is 35.2. The fourth-order valence-electron chi connectivity index (χ4n) is 9.92. The van der Waals surface area contributed by atoms with Gasteiger partial charge in [-0.2, -0.15) is 0 Å². The van der Waals surface area contributed by atoms with Gasteiger partial charge in [-0.1, -0.05) is 30.3 Å². The van der Waals surface area contributed by atoms with Crippen molar-refractivity contribution in [1.29, 1.82) is 0 Å². The van der Waals surface area contributed by atoms with Crippen LogP contribution in [0, 0.1) is 0 Å². The van der Waals surface area contributed by atoms with Gasteiger partial charge in [0.25, 0.3) is 5.92 Å². The Hall–Kier alpha value is -6.07. The van der Waals surface area contributed by atoms with Gasteiger partial charge in [-0.05, 0) is 67.4 Å². The molecular formula is C46H53F2N9O6. The van der Waals surface area contributed by atoms with Crippen molar-refractivity contribution in [3.63, 3.8) is 0 Å². The third kappa shape index (κ3) is 8.93. The van der Waals surface area contributed by atoms with Crippen LogP contribution in [0.15, 0.2) is 78.9 Å². The number of hydrogen-bond donors (Lipinski definition) is 3. The Morgan fingerprint density at radius 3 is 2.46 bits per heavy atom. The number of nitrogens with one attached hydrogen (secondary N) is 1. The number of nitrogen functional groups attached to an aromatic ring is 1. The zero-order valence-corrected chi connectivity index (χ0v) is 35.2. The van der Waals surface area contributed by atoms with Crippen LogP contribution >= 0.6 is 0 Å². The quantitative estimate of drug-likeness (QED) is 0.194. The number of para-hydroxylation sites is 1. The van der Waals surface area contributed by atoms with Crippen LogP contribution < -0.4 is 30.5 Å². The monoisotopic (exact) mass is 865 g/mol. The molecule has 5 aliphatic rings. The van der Waals surface area contributed by atoms with Crippen molar-refractivity contribution in [2.75, 3.05) is 86.5 Å². The Kier molecular flexibility index (Phi) is 11.8. The van der Waals surface area contributed by atoms with Crippen LogP contribution in [-0.2, 0) is 19.1 Å². The molecule has 6 heterocycles. The van der Waals surface area contributed by atoms with Gasteiger partial charge in [0.2, 0.25) is 17.7 Å². The fraction of sp³-hybridized carbons (Fsp3) is 0.457. The number of imide groups is 1. The van der Waals surface area contributed by atoms with E-state index in [1.165, 1.54) is 0 Å². The molecule has 15 nitrogen and oxygen atoms in total. The van der Waals surface area contributed by atoms with E-state index in [-0.39, 0.29) is 61.0 Å². The van der Waals surface area contributed by atoms with Crippen LogP contribution in [0.1, 0.15) is 43.6 Å². The van der Waals surface area contributed by atoms with Gasteiger partial charge in [-0.25, -0.2) is 8.78 Å². The highest BCUT2D eigenvalue weighted by Gasteiger charge is 2.46. The number of morpholine rings is 1. The molecule has 2 bridgehead atoms. The molecule has 3 aromatic carbocycles. The van der Waals surface area contributed by atoms with Gasteiger partial charge in [0, 0.05) is 75.5 Å². The largest absolute Gasteiger partial charge is 0.507 e. The van der Waals surface area contributed by atoms with E-state index < -0.39 is 24.4 Å². The number of carbonyl (C=O) groups excluding carboxylic acids is 3. The van der Waals surface area contributed by atoms with Gasteiger partial charge < -0.3 is 39.9 Å². The number of nitrogens with two attached hydrogens (primary N) is 1. The molecule has 17 heteroatoms. The Balaban J connectivity index is 0.770. The highest BCUT2D eigenvalue weighted by atomic mass is 19.3. The first-order valence-corrected chi connectivity index (χ1v) is 21.7. The number of hydrogen-bond acceptors (Lipinski definition) is 13. The van der Waals surface area contributed by atoms with E-state index in [4.69, 9.17) is 15.2 Å². The second kappa shape index (κ2) is 17.6. The number of ether oxygens (including phenoxy) is 2. The maximum Gasteiger partial charge on any atom is 0.267 e. The van der Waals surface area contributed by atoms with E-state index in [0.717, 1.165) is 17.1 Å². The number of carbonyl (C=O) groups is 3. The molecule has 4 atom stereocenters. The van der Waals surface area contributed by atoms with Crippen molar-refractivity contribution in [3.8, 4) is 22.8 Å². The molecule has 1 aromatic heterocycles. The number of piperidine rings is 3. The molecule has 4 aromatic rings. The number of benzene rings is 3. The van der Waals surface area contributed by atoms with Gasteiger partial charge in [-0.3, -0.25) is 24.6 Å². The Labute approximate surface area is 364 Å². The van der Waals surface area contributed by atoms with Crippen LogP contribution in [0.3, 0.4) is 0 Å². The summed E-state index contributed by atoms with van der Waals surface area (Å²) in [5, 5.41) is 21.3. The van der Waals surface area contributed by atoms with Gasteiger partial charge >= 0.3 is 0 Å². The number of phenols is 1. The van der Waals surface area contributed by atoms with Crippen molar-refractivity contribution in [3.05, 3.63) is 84.4 Å². The summed E-state index contributed by atoms with van der Waals surface area (Å²) in [4.78, 5) is 47.2. The number of alkyl halides is 2. The molecule has 3 amide bonds. The first-order chi connectivity index (χ1) is 30.4. The van der Waals surface area contributed by atoms with Crippen LogP contribution in [-0.4, -0.2) is 139 Å². The zero-order chi connectivity index (χ0) is 43.8. The molecule has 9 rings (SSSR count). The molecule has 4 N–H and O–H groups in total. The standard InChI is InChI=1S/C46H53F2N9O6/c1-53(39-12-13-42(59)50-45(39)61)30-7-4-6-29(20-30)37-16-17-54(28-46(37,47)48)25-43(60)55-18-14-34(15-19-55)63-35-9-5-8-31(21-35)57-32-23-56(24-33(57)27-62-26-32)40-22-38(51-52-44(40)49)36-10-2-3-11-41(36)58/h2-11,20-22,32-34,37,39,58H,12-19,23-28H2,1H3,(H2,49,52)(H,50,59,61)/t32-,33+,37-,39+/m0/s1. The van der Waals surface area contributed by atoms with Gasteiger partial charge in [0.05, 0.1) is 55.7 Å². The number of anilines is 4. The predicted molar refractivity (Wildman–Crippen MR) is 233 cm³/mol. The highest BCUT2D eigenvalue weighted by molar-refractivity contribution is 6.01. The third-order valence-electron chi connectivity index (χ3n) is 13.2. The van der Waals surface area contributed by atoms with E-state index in [9.17, 15) is 19.5 Å². The van der Waals surface area contributed by atoms with E-state index in [1.54, 1.807) is 64.2 Å².